The number of nitrogens with one attached hydrogen (secondary N) is 1. The molecule has 0 unspecified atom stereocenters. The number of aromatic nitrogens is 1. The Kier molecular flexibility index (Phi) is 6.76. The maximum absolute atomic E-state index is 13.0. The minimum Gasteiger partial charge on any atom is -0.379 e. The topological polar surface area (TPSA) is 74.8 Å². The molecule has 7 nitrogen and oxygen atoms in total. The molecule has 1 aromatic heterocycles. The predicted molar refractivity (Wildman–Crippen MR) is 117 cm³/mol. The third-order valence-corrected chi connectivity index (χ3v) is 6.56. The number of hydrogen-bond donors (Lipinski definition) is 1. The molecule has 1 N–H and O–H groups in total. The second-order valence-corrected chi connectivity index (χ2v) is 8.80. The number of aryl methyl sites for hydroxylation is 1. The Balaban J connectivity index is 1.30. The Labute approximate surface area is 181 Å². The first-order valence-electron chi connectivity index (χ1n) is 10.5. The van der Waals surface area contributed by atoms with E-state index in [0.29, 0.717) is 31.1 Å². The number of thiazole rings is 1. The fourth-order valence-electron chi connectivity index (χ4n) is 3.97. The maximum atomic E-state index is 13.0. The first kappa shape index (κ1) is 21.0. The van der Waals surface area contributed by atoms with Crippen molar-refractivity contribution in [2.75, 3.05) is 44.7 Å². The van der Waals surface area contributed by atoms with Crippen LogP contribution in [0.25, 0.3) is 0 Å². The third-order valence-electron chi connectivity index (χ3n) is 5.69. The molecule has 0 radical (unpaired) electrons. The first-order valence-corrected chi connectivity index (χ1v) is 11.4. The normalized spacial score (nSPS) is 18.4. The summed E-state index contributed by atoms with van der Waals surface area (Å²) in [4.78, 5) is 34.0. The number of carbonyl (C=O) groups excluding carboxylic acids is 2. The van der Waals surface area contributed by atoms with Gasteiger partial charge in [0.1, 0.15) is 0 Å². The fraction of sp³-hybridized carbons (Fsp3) is 0.500. The molecular formula is C22H28N4O3S. The minimum atomic E-state index is -0.0779. The van der Waals surface area contributed by atoms with Crippen LogP contribution in [0.1, 0.15) is 34.5 Å². The lowest BCUT2D eigenvalue weighted by molar-refractivity contribution is -0.121. The van der Waals surface area contributed by atoms with Gasteiger partial charge in [-0.25, -0.2) is 4.98 Å². The number of rotatable bonds is 5. The van der Waals surface area contributed by atoms with Crippen LogP contribution in [0.3, 0.4) is 0 Å². The van der Waals surface area contributed by atoms with Gasteiger partial charge in [0.2, 0.25) is 5.91 Å². The summed E-state index contributed by atoms with van der Waals surface area (Å²) in [6.45, 7) is 7.33. The van der Waals surface area contributed by atoms with Crippen molar-refractivity contribution >= 4 is 28.3 Å². The van der Waals surface area contributed by atoms with E-state index >= 15 is 0 Å². The Bertz CT molecular complexity index is 886. The predicted octanol–water partition coefficient (Wildman–Crippen LogP) is 2.77. The largest absolute Gasteiger partial charge is 0.379 e. The van der Waals surface area contributed by atoms with Gasteiger partial charge in [0, 0.05) is 49.6 Å². The summed E-state index contributed by atoms with van der Waals surface area (Å²) in [7, 11) is 0. The van der Waals surface area contributed by atoms with Gasteiger partial charge in [-0.3, -0.25) is 14.5 Å². The molecule has 0 spiro atoms. The number of carbonyl (C=O) groups is 2. The number of benzene rings is 1. The fourth-order valence-corrected chi connectivity index (χ4v) is 4.66. The van der Waals surface area contributed by atoms with Crippen molar-refractivity contribution in [1.82, 2.24) is 14.8 Å². The Morgan fingerprint density at radius 1 is 1.20 bits per heavy atom. The van der Waals surface area contributed by atoms with E-state index < -0.39 is 0 Å². The van der Waals surface area contributed by atoms with Gasteiger partial charge in [0.25, 0.3) is 5.91 Å². The first-order chi connectivity index (χ1) is 14.6. The number of ether oxygens (including phenoxy) is 1. The molecule has 0 aliphatic carbocycles. The van der Waals surface area contributed by atoms with Crippen LogP contribution in [-0.4, -0.2) is 66.0 Å². The summed E-state index contributed by atoms with van der Waals surface area (Å²) in [5, 5.41) is 5.47. The summed E-state index contributed by atoms with van der Waals surface area (Å²) < 4.78 is 5.40. The van der Waals surface area contributed by atoms with Crippen LogP contribution in [0, 0.1) is 12.8 Å². The van der Waals surface area contributed by atoms with Crippen LogP contribution in [0.2, 0.25) is 0 Å². The number of anilines is 1. The lowest BCUT2D eigenvalue weighted by Crippen LogP contribution is -2.41. The Morgan fingerprint density at radius 2 is 1.97 bits per heavy atom. The van der Waals surface area contributed by atoms with Crippen molar-refractivity contribution in [2.45, 2.75) is 26.3 Å². The highest BCUT2D eigenvalue weighted by molar-refractivity contribution is 7.13. The molecule has 2 saturated heterocycles. The molecule has 2 fully saturated rings. The maximum Gasteiger partial charge on any atom is 0.253 e. The number of likely N-dealkylation sites (tertiary alicyclic amines) is 1. The van der Waals surface area contributed by atoms with Gasteiger partial charge in [0.05, 0.1) is 18.9 Å². The molecule has 160 valence electrons. The molecule has 4 rings (SSSR count). The highest BCUT2D eigenvalue weighted by Crippen LogP contribution is 2.23. The number of piperidine rings is 1. The highest BCUT2D eigenvalue weighted by atomic mass is 32.1. The van der Waals surface area contributed by atoms with Crippen LogP contribution in [0.4, 0.5) is 5.13 Å². The Morgan fingerprint density at radius 3 is 2.67 bits per heavy atom. The summed E-state index contributed by atoms with van der Waals surface area (Å²) in [6, 6.07) is 7.92. The van der Waals surface area contributed by atoms with Crippen molar-refractivity contribution < 1.29 is 14.3 Å². The average Bonchev–Trinajstić information content (AvgIpc) is 3.18. The molecule has 0 saturated carbocycles. The molecule has 2 aliphatic rings. The van der Waals surface area contributed by atoms with E-state index in [2.05, 4.69) is 21.3 Å². The van der Waals surface area contributed by atoms with Gasteiger partial charge >= 0.3 is 0 Å². The molecule has 1 aromatic carbocycles. The third kappa shape index (κ3) is 5.24. The summed E-state index contributed by atoms with van der Waals surface area (Å²) in [5.41, 5.74) is 2.78. The molecule has 2 amide bonds. The van der Waals surface area contributed by atoms with Crippen molar-refractivity contribution in [1.29, 1.82) is 0 Å². The second-order valence-electron chi connectivity index (χ2n) is 7.94. The van der Waals surface area contributed by atoms with Gasteiger partial charge in [-0.15, -0.1) is 11.3 Å². The van der Waals surface area contributed by atoms with Gasteiger partial charge in [-0.1, -0.05) is 12.1 Å². The van der Waals surface area contributed by atoms with E-state index in [-0.39, 0.29) is 17.7 Å². The highest BCUT2D eigenvalue weighted by Gasteiger charge is 2.28. The zero-order valence-electron chi connectivity index (χ0n) is 17.3. The zero-order valence-corrected chi connectivity index (χ0v) is 18.1. The molecule has 3 heterocycles. The van der Waals surface area contributed by atoms with Crippen LogP contribution in [0.15, 0.2) is 29.6 Å². The van der Waals surface area contributed by atoms with E-state index in [1.165, 1.54) is 11.3 Å². The van der Waals surface area contributed by atoms with Crippen LogP contribution < -0.4 is 5.32 Å². The van der Waals surface area contributed by atoms with E-state index in [9.17, 15) is 9.59 Å². The monoisotopic (exact) mass is 428 g/mol. The van der Waals surface area contributed by atoms with E-state index in [1.54, 1.807) is 0 Å². The molecular weight excluding hydrogens is 400 g/mol. The Hall–Kier alpha value is -2.29. The quantitative estimate of drug-likeness (QED) is 0.793. The lowest BCUT2D eigenvalue weighted by Gasteiger charge is -2.31. The summed E-state index contributed by atoms with van der Waals surface area (Å²) >= 11 is 1.44. The molecule has 0 atom stereocenters. The summed E-state index contributed by atoms with van der Waals surface area (Å²) in [5.74, 6) is -0.0249. The van der Waals surface area contributed by atoms with E-state index in [0.717, 1.165) is 49.7 Å². The van der Waals surface area contributed by atoms with Gasteiger partial charge in [-0.05, 0) is 37.5 Å². The second kappa shape index (κ2) is 9.68. The van der Waals surface area contributed by atoms with E-state index in [1.807, 2.05) is 35.4 Å². The molecule has 2 aromatic rings. The smallest absolute Gasteiger partial charge is 0.253 e. The number of morpholine rings is 1. The van der Waals surface area contributed by atoms with Gasteiger partial charge in [0.15, 0.2) is 5.13 Å². The van der Waals surface area contributed by atoms with Gasteiger partial charge < -0.3 is 15.0 Å². The van der Waals surface area contributed by atoms with Crippen molar-refractivity contribution in [3.8, 4) is 0 Å². The molecule has 8 heteroatoms. The van der Waals surface area contributed by atoms with Crippen molar-refractivity contribution in [2.24, 2.45) is 5.92 Å². The molecule has 0 bridgehead atoms. The number of nitrogens with zero attached hydrogens (tertiary/aromatic N) is 3. The van der Waals surface area contributed by atoms with E-state index in [4.69, 9.17) is 4.74 Å². The number of hydrogen-bond acceptors (Lipinski definition) is 6. The molecule has 30 heavy (non-hydrogen) atoms. The summed E-state index contributed by atoms with van der Waals surface area (Å²) in [6.07, 6.45) is 1.35. The van der Waals surface area contributed by atoms with Crippen molar-refractivity contribution in [3.63, 3.8) is 0 Å². The zero-order chi connectivity index (χ0) is 20.9. The van der Waals surface area contributed by atoms with Crippen LogP contribution in [-0.2, 0) is 16.1 Å². The van der Waals surface area contributed by atoms with Crippen LogP contribution >= 0.6 is 11.3 Å². The lowest BCUT2D eigenvalue weighted by atomic mass is 9.95. The SMILES string of the molecule is Cc1csc(NC(=O)C2CCN(C(=O)c3cccc(CN4CCOCC4)c3)CC2)n1. The van der Waals surface area contributed by atoms with Crippen LogP contribution in [0.5, 0.6) is 0 Å². The van der Waals surface area contributed by atoms with Gasteiger partial charge in [-0.2, -0.15) is 0 Å². The minimum absolute atomic E-state index is 0.00366. The number of amides is 2. The standard InChI is InChI=1S/C22H28N4O3S/c1-16-15-30-22(23-16)24-20(27)18-5-7-26(8-6-18)21(28)19-4-2-3-17(13-19)14-25-9-11-29-12-10-25/h2-4,13,15,18H,5-12,14H2,1H3,(H,23,24,27). The molecule has 2 aliphatic heterocycles. The van der Waals surface area contributed by atoms with Crippen molar-refractivity contribution in [3.05, 3.63) is 46.5 Å². The average molecular weight is 429 g/mol.